The second-order valence-electron chi connectivity index (χ2n) is 4.98. The van der Waals surface area contributed by atoms with Crippen LogP contribution >= 0.6 is 0 Å². The largest absolute Gasteiger partial charge is 0.395 e. The van der Waals surface area contributed by atoms with E-state index in [9.17, 15) is 4.79 Å². The molecule has 0 saturated heterocycles. The number of hydrogen-bond acceptors (Lipinski definition) is 3. The van der Waals surface area contributed by atoms with Crippen LogP contribution in [0.3, 0.4) is 0 Å². The summed E-state index contributed by atoms with van der Waals surface area (Å²) in [6, 6.07) is 9.55. The van der Waals surface area contributed by atoms with Gasteiger partial charge in [0.1, 0.15) is 0 Å². The van der Waals surface area contributed by atoms with E-state index in [2.05, 4.69) is 0 Å². The topological polar surface area (TPSA) is 66.6 Å². The molecule has 0 spiro atoms. The Morgan fingerprint density at radius 1 is 1.32 bits per heavy atom. The molecule has 0 radical (unpaired) electrons. The molecule has 0 aliphatic heterocycles. The lowest BCUT2D eigenvalue weighted by molar-refractivity contribution is -0.135. The van der Waals surface area contributed by atoms with Crippen LogP contribution in [0.25, 0.3) is 0 Å². The molecule has 19 heavy (non-hydrogen) atoms. The van der Waals surface area contributed by atoms with Gasteiger partial charge in [0.25, 0.3) is 0 Å². The Labute approximate surface area is 115 Å². The molecule has 0 fully saturated rings. The van der Waals surface area contributed by atoms with Crippen LogP contribution in [0.5, 0.6) is 0 Å². The zero-order chi connectivity index (χ0) is 14.3. The third-order valence-electron chi connectivity index (χ3n) is 3.15. The highest BCUT2D eigenvalue weighted by Gasteiger charge is 2.22. The summed E-state index contributed by atoms with van der Waals surface area (Å²) in [5.41, 5.74) is 7.15. The minimum Gasteiger partial charge on any atom is -0.395 e. The van der Waals surface area contributed by atoms with Crippen LogP contribution in [-0.4, -0.2) is 41.1 Å². The summed E-state index contributed by atoms with van der Waals surface area (Å²) < 4.78 is 0. The maximum atomic E-state index is 12.2. The molecular weight excluding hydrogens is 240 g/mol. The lowest BCUT2D eigenvalue weighted by Crippen LogP contribution is -2.48. The SMILES string of the molecule is CC(C)N(CCO)C(=O)[C@@H](N)CCc1ccccc1. The molecule has 1 atom stereocenters. The first-order chi connectivity index (χ1) is 9.06. The third kappa shape index (κ3) is 5.01. The maximum Gasteiger partial charge on any atom is 0.239 e. The van der Waals surface area contributed by atoms with Crippen molar-refractivity contribution in [3.05, 3.63) is 35.9 Å². The van der Waals surface area contributed by atoms with E-state index in [0.29, 0.717) is 13.0 Å². The van der Waals surface area contributed by atoms with Gasteiger partial charge in [-0.15, -0.1) is 0 Å². The zero-order valence-electron chi connectivity index (χ0n) is 11.7. The summed E-state index contributed by atoms with van der Waals surface area (Å²) in [5.74, 6) is -0.0834. The van der Waals surface area contributed by atoms with Crippen molar-refractivity contribution >= 4 is 5.91 Å². The Morgan fingerprint density at radius 2 is 1.95 bits per heavy atom. The van der Waals surface area contributed by atoms with Crippen LogP contribution in [0.15, 0.2) is 30.3 Å². The van der Waals surface area contributed by atoms with Gasteiger partial charge >= 0.3 is 0 Å². The van der Waals surface area contributed by atoms with Crippen molar-refractivity contribution in [1.82, 2.24) is 4.90 Å². The number of hydrogen-bond donors (Lipinski definition) is 2. The first-order valence-electron chi connectivity index (χ1n) is 6.77. The number of aryl methyl sites for hydroxylation is 1. The average molecular weight is 264 g/mol. The summed E-state index contributed by atoms with van der Waals surface area (Å²) in [6.45, 7) is 4.17. The lowest BCUT2D eigenvalue weighted by atomic mass is 10.0. The number of benzene rings is 1. The van der Waals surface area contributed by atoms with Crippen molar-refractivity contribution in [2.75, 3.05) is 13.2 Å². The molecule has 0 aliphatic carbocycles. The molecule has 0 aliphatic rings. The first kappa shape index (κ1) is 15.7. The summed E-state index contributed by atoms with van der Waals surface area (Å²) in [7, 11) is 0. The second kappa shape index (κ2) is 7.92. The number of amides is 1. The van der Waals surface area contributed by atoms with Crippen LogP contribution in [0.1, 0.15) is 25.8 Å². The van der Waals surface area contributed by atoms with Gasteiger partial charge in [0, 0.05) is 12.6 Å². The molecule has 1 rings (SSSR count). The molecule has 0 aromatic heterocycles. The molecule has 0 saturated carbocycles. The molecule has 4 heteroatoms. The summed E-state index contributed by atoms with van der Waals surface area (Å²) in [5, 5.41) is 8.99. The number of aliphatic hydroxyl groups excluding tert-OH is 1. The van der Waals surface area contributed by atoms with Crippen molar-refractivity contribution in [2.24, 2.45) is 5.73 Å². The van der Waals surface area contributed by atoms with E-state index in [1.165, 1.54) is 5.56 Å². The monoisotopic (exact) mass is 264 g/mol. The standard InChI is InChI=1S/C15H24N2O2/c1-12(2)17(10-11-18)15(19)14(16)9-8-13-6-4-3-5-7-13/h3-7,12,14,18H,8-11,16H2,1-2H3/t14-/m0/s1. The van der Waals surface area contributed by atoms with Crippen LogP contribution in [0.2, 0.25) is 0 Å². The molecule has 1 aromatic carbocycles. The van der Waals surface area contributed by atoms with Gasteiger partial charge in [0.05, 0.1) is 12.6 Å². The van der Waals surface area contributed by atoms with E-state index in [1.54, 1.807) is 4.90 Å². The van der Waals surface area contributed by atoms with Gasteiger partial charge in [-0.3, -0.25) is 4.79 Å². The van der Waals surface area contributed by atoms with Gasteiger partial charge in [-0.25, -0.2) is 0 Å². The normalized spacial score (nSPS) is 12.5. The van der Waals surface area contributed by atoms with Crippen LogP contribution in [0, 0.1) is 0 Å². The Morgan fingerprint density at radius 3 is 2.47 bits per heavy atom. The van der Waals surface area contributed by atoms with Crippen molar-refractivity contribution in [3.63, 3.8) is 0 Å². The Hall–Kier alpha value is -1.39. The Bertz CT molecular complexity index is 379. The summed E-state index contributed by atoms with van der Waals surface area (Å²) in [6.07, 6.45) is 1.41. The quantitative estimate of drug-likeness (QED) is 0.777. The third-order valence-corrected chi connectivity index (χ3v) is 3.15. The Balaban J connectivity index is 2.51. The van der Waals surface area contributed by atoms with Crippen LogP contribution in [-0.2, 0) is 11.2 Å². The van der Waals surface area contributed by atoms with E-state index in [-0.39, 0.29) is 18.6 Å². The number of aliphatic hydroxyl groups is 1. The van der Waals surface area contributed by atoms with E-state index in [1.807, 2.05) is 44.2 Å². The average Bonchev–Trinajstić information content (AvgIpc) is 2.42. The van der Waals surface area contributed by atoms with E-state index >= 15 is 0 Å². The maximum absolute atomic E-state index is 12.2. The van der Waals surface area contributed by atoms with Crippen LogP contribution in [0.4, 0.5) is 0 Å². The number of carbonyl (C=O) groups excluding carboxylic acids is 1. The molecular formula is C15H24N2O2. The molecule has 0 unspecified atom stereocenters. The van der Waals surface area contributed by atoms with Crippen molar-refractivity contribution in [1.29, 1.82) is 0 Å². The number of rotatable bonds is 7. The highest BCUT2D eigenvalue weighted by Crippen LogP contribution is 2.07. The van der Waals surface area contributed by atoms with Crippen molar-refractivity contribution in [3.8, 4) is 0 Å². The fourth-order valence-electron chi connectivity index (χ4n) is 2.03. The van der Waals surface area contributed by atoms with Gasteiger partial charge < -0.3 is 15.7 Å². The van der Waals surface area contributed by atoms with Gasteiger partial charge in [-0.1, -0.05) is 30.3 Å². The van der Waals surface area contributed by atoms with E-state index in [4.69, 9.17) is 10.8 Å². The number of nitrogens with zero attached hydrogens (tertiary/aromatic N) is 1. The lowest BCUT2D eigenvalue weighted by Gasteiger charge is -2.28. The molecule has 3 N–H and O–H groups in total. The summed E-state index contributed by atoms with van der Waals surface area (Å²) >= 11 is 0. The molecule has 1 amide bonds. The van der Waals surface area contributed by atoms with Gasteiger partial charge in [-0.05, 0) is 32.3 Å². The Kier molecular flexibility index (Phi) is 6.53. The highest BCUT2D eigenvalue weighted by molar-refractivity contribution is 5.81. The molecule has 0 bridgehead atoms. The second-order valence-corrected chi connectivity index (χ2v) is 4.98. The van der Waals surface area contributed by atoms with E-state index < -0.39 is 6.04 Å². The minimum absolute atomic E-state index is 0.0324. The van der Waals surface area contributed by atoms with Gasteiger partial charge in [0.15, 0.2) is 0 Å². The van der Waals surface area contributed by atoms with Crippen molar-refractivity contribution < 1.29 is 9.90 Å². The predicted octanol–water partition coefficient (Wildman–Crippen LogP) is 1.18. The molecule has 106 valence electrons. The minimum atomic E-state index is -0.505. The fraction of sp³-hybridized carbons (Fsp3) is 0.533. The predicted molar refractivity (Wildman–Crippen MR) is 76.7 cm³/mol. The number of carbonyl (C=O) groups is 1. The fourth-order valence-corrected chi connectivity index (χ4v) is 2.03. The van der Waals surface area contributed by atoms with Gasteiger partial charge in [0.2, 0.25) is 5.91 Å². The van der Waals surface area contributed by atoms with Gasteiger partial charge in [-0.2, -0.15) is 0 Å². The molecule has 0 heterocycles. The zero-order valence-corrected chi connectivity index (χ0v) is 11.7. The highest BCUT2D eigenvalue weighted by atomic mass is 16.3. The molecule has 1 aromatic rings. The van der Waals surface area contributed by atoms with Crippen LogP contribution < -0.4 is 5.73 Å². The number of nitrogens with two attached hydrogens (primary N) is 1. The summed E-state index contributed by atoms with van der Waals surface area (Å²) in [4.78, 5) is 13.8. The first-order valence-corrected chi connectivity index (χ1v) is 6.77. The van der Waals surface area contributed by atoms with E-state index in [0.717, 1.165) is 6.42 Å². The molecule has 4 nitrogen and oxygen atoms in total. The smallest absolute Gasteiger partial charge is 0.239 e. The van der Waals surface area contributed by atoms with Crippen molar-refractivity contribution in [2.45, 2.75) is 38.8 Å².